The van der Waals surface area contributed by atoms with E-state index in [0.29, 0.717) is 19.0 Å². The fourth-order valence-corrected chi connectivity index (χ4v) is 1.24. The van der Waals surface area contributed by atoms with Crippen LogP contribution in [0.5, 0.6) is 0 Å². The smallest absolute Gasteiger partial charge is 0.310 e. The number of rotatable bonds is 8. The topological polar surface area (TPSA) is 35.5 Å². The summed E-state index contributed by atoms with van der Waals surface area (Å²) in [5.74, 6) is 0.432. The quantitative estimate of drug-likeness (QED) is 0.369. The van der Waals surface area contributed by atoms with Crippen molar-refractivity contribution < 1.29 is 14.3 Å². The minimum Gasteiger partial charge on any atom is -0.493 e. The van der Waals surface area contributed by atoms with Crippen molar-refractivity contribution in [2.75, 3.05) is 13.2 Å². The lowest BCUT2D eigenvalue weighted by molar-refractivity contribution is -0.142. The van der Waals surface area contributed by atoms with Crippen molar-refractivity contribution in [3.63, 3.8) is 0 Å². The van der Waals surface area contributed by atoms with Crippen molar-refractivity contribution in [3.8, 4) is 0 Å². The number of hydrogen-bond acceptors (Lipinski definition) is 3. The van der Waals surface area contributed by atoms with E-state index in [0.717, 1.165) is 12.0 Å². The summed E-state index contributed by atoms with van der Waals surface area (Å²) in [5, 5.41) is 0. The fraction of sp³-hybridized carbons (Fsp3) is 0.500. The second-order valence-corrected chi connectivity index (χ2v) is 3.42. The van der Waals surface area contributed by atoms with Crippen LogP contribution in [0.15, 0.2) is 36.1 Å². The molecule has 0 aliphatic heterocycles. The van der Waals surface area contributed by atoms with Crippen molar-refractivity contribution in [1.82, 2.24) is 0 Å². The van der Waals surface area contributed by atoms with Gasteiger partial charge in [0.25, 0.3) is 0 Å². The molecule has 0 heterocycles. The van der Waals surface area contributed by atoms with Crippen LogP contribution in [-0.4, -0.2) is 19.2 Å². The fourth-order valence-electron chi connectivity index (χ4n) is 1.24. The van der Waals surface area contributed by atoms with Gasteiger partial charge in [0.2, 0.25) is 0 Å². The Morgan fingerprint density at radius 3 is 2.47 bits per heavy atom. The third kappa shape index (κ3) is 6.61. The minimum atomic E-state index is -0.260. The molecule has 96 valence electrons. The van der Waals surface area contributed by atoms with Crippen LogP contribution in [0, 0.1) is 0 Å². The molecule has 0 aromatic heterocycles. The molecule has 0 saturated heterocycles. The minimum absolute atomic E-state index is 0.195. The zero-order valence-electron chi connectivity index (χ0n) is 11.0. The molecule has 17 heavy (non-hydrogen) atoms. The molecular weight excluding hydrogens is 216 g/mol. The van der Waals surface area contributed by atoms with Gasteiger partial charge in [0.05, 0.1) is 19.6 Å². The summed E-state index contributed by atoms with van der Waals surface area (Å²) in [6.45, 7) is 10.4. The molecule has 0 aliphatic carbocycles. The van der Waals surface area contributed by atoms with Crippen LogP contribution >= 0.6 is 0 Å². The third-order valence-electron chi connectivity index (χ3n) is 1.98. The Morgan fingerprint density at radius 2 is 2.00 bits per heavy atom. The molecule has 0 saturated carbocycles. The SMILES string of the molecule is C=C/C(CC(=O)OCC)=C(\C=C/C)OCCC. The van der Waals surface area contributed by atoms with Crippen molar-refractivity contribution in [1.29, 1.82) is 0 Å². The van der Waals surface area contributed by atoms with Gasteiger partial charge >= 0.3 is 5.97 Å². The Hall–Kier alpha value is -1.51. The first-order valence-electron chi connectivity index (χ1n) is 5.96. The van der Waals surface area contributed by atoms with Crippen LogP contribution in [0.1, 0.15) is 33.6 Å². The zero-order valence-corrected chi connectivity index (χ0v) is 11.0. The monoisotopic (exact) mass is 238 g/mol. The molecule has 0 unspecified atom stereocenters. The van der Waals surface area contributed by atoms with Crippen molar-refractivity contribution in [2.45, 2.75) is 33.6 Å². The highest BCUT2D eigenvalue weighted by molar-refractivity contribution is 5.73. The maximum Gasteiger partial charge on any atom is 0.310 e. The van der Waals surface area contributed by atoms with Crippen molar-refractivity contribution in [2.24, 2.45) is 0 Å². The Balaban J connectivity index is 4.80. The van der Waals surface area contributed by atoms with Crippen LogP contribution in [0.3, 0.4) is 0 Å². The van der Waals surface area contributed by atoms with Crippen LogP contribution in [0.2, 0.25) is 0 Å². The maximum absolute atomic E-state index is 11.4. The normalized spacial score (nSPS) is 12.2. The molecule has 3 nitrogen and oxygen atoms in total. The molecule has 0 aromatic carbocycles. The highest BCUT2D eigenvalue weighted by Gasteiger charge is 2.09. The molecule has 0 amide bonds. The van der Waals surface area contributed by atoms with Crippen LogP contribution in [-0.2, 0) is 14.3 Å². The first-order chi connectivity index (χ1) is 8.19. The van der Waals surface area contributed by atoms with Gasteiger partial charge in [-0.15, -0.1) is 0 Å². The van der Waals surface area contributed by atoms with E-state index in [1.165, 1.54) is 0 Å². The van der Waals surface area contributed by atoms with Crippen LogP contribution in [0.25, 0.3) is 0 Å². The van der Waals surface area contributed by atoms with Crippen LogP contribution < -0.4 is 0 Å². The summed E-state index contributed by atoms with van der Waals surface area (Å²) < 4.78 is 10.5. The van der Waals surface area contributed by atoms with Gasteiger partial charge in [-0.05, 0) is 26.3 Å². The van der Waals surface area contributed by atoms with Gasteiger partial charge in [-0.25, -0.2) is 0 Å². The summed E-state index contributed by atoms with van der Waals surface area (Å²) in [4.78, 5) is 11.4. The molecule has 0 aromatic rings. The lowest BCUT2D eigenvalue weighted by atomic mass is 10.1. The lowest BCUT2D eigenvalue weighted by Gasteiger charge is -2.10. The first-order valence-corrected chi connectivity index (χ1v) is 5.96. The Kier molecular flexibility index (Phi) is 8.84. The number of hydrogen-bond donors (Lipinski definition) is 0. The molecule has 0 spiro atoms. The Labute approximate surface area is 104 Å². The second-order valence-electron chi connectivity index (χ2n) is 3.42. The van der Waals surface area contributed by atoms with Gasteiger partial charge in [0.1, 0.15) is 5.76 Å². The van der Waals surface area contributed by atoms with E-state index < -0.39 is 0 Å². The lowest BCUT2D eigenvalue weighted by Crippen LogP contribution is -2.06. The van der Waals surface area contributed by atoms with Gasteiger partial charge in [0.15, 0.2) is 0 Å². The summed E-state index contributed by atoms with van der Waals surface area (Å²) in [6.07, 6.45) is 6.47. The Bertz CT molecular complexity index is 301. The van der Waals surface area contributed by atoms with E-state index in [2.05, 4.69) is 6.58 Å². The molecule has 0 bridgehead atoms. The average Bonchev–Trinajstić information content (AvgIpc) is 2.32. The highest BCUT2D eigenvalue weighted by Crippen LogP contribution is 2.14. The van der Waals surface area contributed by atoms with E-state index in [1.54, 1.807) is 13.0 Å². The predicted octanol–water partition coefficient (Wildman–Crippen LogP) is 3.38. The zero-order chi connectivity index (χ0) is 13.1. The van der Waals surface area contributed by atoms with Gasteiger partial charge in [-0.3, -0.25) is 4.79 Å². The molecule has 0 aliphatic rings. The van der Waals surface area contributed by atoms with Crippen LogP contribution in [0.4, 0.5) is 0 Å². The van der Waals surface area contributed by atoms with Gasteiger partial charge in [-0.2, -0.15) is 0 Å². The number of carbonyl (C=O) groups is 1. The predicted molar refractivity (Wildman–Crippen MR) is 69.5 cm³/mol. The van der Waals surface area contributed by atoms with Crippen molar-refractivity contribution >= 4 is 5.97 Å². The number of esters is 1. The summed E-state index contributed by atoms with van der Waals surface area (Å²) in [7, 11) is 0. The summed E-state index contributed by atoms with van der Waals surface area (Å²) in [5.41, 5.74) is 0.759. The molecule has 0 fully saturated rings. The molecule has 3 heteroatoms. The number of allylic oxidation sites excluding steroid dienone is 3. The molecule has 0 radical (unpaired) electrons. The molecule has 0 rings (SSSR count). The largest absolute Gasteiger partial charge is 0.493 e. The van der Waals surface area contributed by atoms with Crippen molar-refractivity contribution in [3.05, 3.63) is 36.1 Å². The molecular formula is C14H22O3. The van der Waals surface area contributed by atoms with Gasteiger partial charge in [0, 0.05) is 5.57 Å². The Morgan fingerprint density at radius 1 is 1.29 bits per heavy atom. The number of carbonyl (C=O) groups excluding carboxylic acids is 1. The second kappa shape index (κ2) is 9.70. The highest BCUT2D eigenvalue weighted by atomic mass is 16.5. The maximum atomic E-state index is 11.4. The summed E-state index contributed by atoms with van der Waals surface area (Å²) >= 11 is 0. The number of ether oxygens (including phenoxy) is 2. The van der Waals surface area contributed by atoms with E-state index in [-0.39, 0.29) is 12.4 Å². The molecule has 0 atom stereocenters. The van der Waals surface area contributed by atoms with E-state index in [4.69, 9.17) is 9.47 Å². The first kappa shape index (κ1) is 15.5. The van der Waals surface area contributed by atoms with Gasteiger partial charge in [-0.1, -0.05) is 25.7 Å². The van der Waals surface area contributed by atoms with Gasteiger partial charge < -0.3 is 9.47 Å². The summed E-state index contributed by atoms with van der Waals surface area (Å²) in [6, 6.07) is 0. The third-order valence-corrected chi connectivity index (χ3v) is 1.98. The molecule has 0 N–H and O–H groups in total. The van der Waals surface area contributed by atoms with E-state index in [1.807, 2.05) is 26.0 Å². The van der Waals surface area contributed by atoms with E-state index in [9.17, 15) is 4.79 Å². The van der Waals surface area contributed by atoms with E-state index >= 15 is 0 Å². The standard InChI is InChI=1S/C14H22O3/c1-5-9-13(17-10-6-2)12(7-3)11-14(15)16-8-4/h5,7,9H,3,6,8,10-11H2,1-2,4H3/b9-5-,13-12-. The average molecular weight is 238 g/mol.